The molecule has 4 rings (SSSR count). The van der Waals surface area contributed by atoms with Gasteiger partial charge in [-0.3, -0.25) is 4.79 Å². The zero-order chi connectivity index (χ0) is 26.0. The Morgan fingerprint density at radius 3 is 2.58 bits per heavy atom. The number of ether oxygens (including phenoxy) is 1. The summed E-state index contributed by atoms with van der Waals surface area (Å²) in [4.78, 5) is 21.0. The molecule has 10 nitrogen and oxygen atoms in total. The molecule has 3 heterocycles. The van der Waals surface area contributed by atoms with Crippen molar-refractivity contribution in [3.8, 4) is 40.0 Å². The van der Waals surface area contributed by atoms with Crippen molar-refractivity contribution in [2.24, 2.45) is 0 Å². The van der Waals surface area contributed by atoms with Gasteiger partial charge in [0.15, 0.2) is 11.5 Å². The van der Waals surface area contributed by atoms with Crippen LogP contribution in [0.5, 0.6) is 5.75 Å². The van der Waals surface area contributed by atoms with Crippen LogP contribution < -0.4 is 21.3 Å². The molecule has 4 aromatic rings. The Labute approximate surface area is 209 Å². The van der Waals surface area contributed by atoms with Gasteiger partial charge in [-0.1, -0.05) is 6.07 Å². The number of aromatic nitrogens is 5. The number of rotatable bonds is 7. The molecule has 10 heteroatoms. The van der Waals surface area contributed by atoms with E-state index < -0.39 is 0 Å². The normalized spacial score (nSPS) is 11.8. The van der Waals surface area contributed by atoms with Crippen LogP contribution in [0.15, 0.2) is 51.9 Å². The summed E-state index contributed by atoms with van der Waals surface area (Å²) in [5.74, 6) is 1.18. The summed E-state index contributed by atoms with van der Waals surface area (Å²) in [7, 11) is 1.60. The Hall–Kier alpha value is -4.05. The molecule has 0 saturated carbocycles. The lowest BCUT2D eigenvalue weighted by Gasteiger charge is -2.20. The summed E-state index contributed by atoms with van der Waals surface area (Å²) in [6.45, 7) is 10.9. The fourth-order valence-corrected chi connectivity index (χ4v) is 3.57. The van der Waals surface area contributed by atoms with Crippen LogP contribution in [0.25, 0.3) is 34.3 Å². The van der Waals surface area contributed by atoms with Crippen molar-refractivity contribution in [2.75, 3.05) is 12.8 Å². The van der Waals surface area contributed by atoms with E-state index >= 15 is 0 Å². The molecule has 0 spiro atoms. The highest BCUT2D eigenvalue weighted by molar-refractivity contribution is 5.69. The van der Waals surface area contributed by atoms with Crippen LogP contribution in [-0.2, 0) is 6.54 Å². The average molecular weight is 490 g/mol. The molecule has 0 atom stereocenters. The maximum absolute atomic E-state index is 12.1. The maximum Gasteiger partial charge on any atom is 0.270 e. The molecule has 3 N–H and O–H groups in total. The average Bonchev–Trinajstić information content (AvgIpc) is 3.32. The number of nitrogens with two attached hydrogens (primary N) is 1. The molecule has 0 bridgehead atoms. The van der Waals surface area contributed by atoms with Crippen molar-refractivity contribution in [2.45, 2.75) is 52.7 Å². The molecule has 0 fully saturated rings. The summed E-state index contributed by atoms with van der Waals surface area (Å²) in [6.07, 6.45) is 3.30. The van der Waals surface area contributed by atoms with Crippen molar-refractivity contribution in [3.63, 3.8) is 0 Å². The number of nitrogens with one attached hydrogen (secondary N) is 1. The summed E-state index contributed by atoms with van der Waals surface area (Å²) >= 11 is 0. The standard InChI is InChI=1S/C26H31N7O3/c1-15(2)33-14-17(8-10-21(33)34)19-13-28-23(27)22(30-19)25-32-31-24(36-25)18-9-7-16(11-20(18)35-6)12-29-26(3,4)5/h7-11,13-15,29H,12H2,1-6H3,(H2,27,28). The molecule has 36 heavy (non-hydrogen) atoms. The third-order valence-electron chi connectivity index (χ3n) is 5.54. The number of hydrogen-bond donors (Lipinski definition) is 2. The molecule has 0 radical (unpaired) electrons. The van der Waals surface area contributed by atoms with E-state index in [1.165, 1.54) is 6.07 Å². The summed E-state index contributed by atoms with van der Waals surface area (Å²) in [6, 6.07) is 9.02. The Morgan fingerprint density at radius 1 is 1.14 bits per heavy atom. The Balaban J connectivity index is 1.66. The first-order valence-electron chi connectivity index (χ1n) is 11.7. The molecule has 1 aromatic carbocycles. The van der Waals surface area contributed by atoms with Crippen LogP contribution in [0.2, 0.25) is 0 Å². The Bertz CT molecular complexity index is 1430. The van der Waals surface area contributed by atoms with Crippen molar-refractivity contribution in [3.05, 3.63) is 58.6 Å². The third-order valence-corrected chi connectivity index (χ3v) is 5.54. The highest BCUT2D eigenvalue weighted by Crippen LogP contribution is 2.33. The van der Waals surface area contributed by atoms with Gasteiger partial charge in [-0.05, 0) is 58.4 Å². The highest BCUT2D eigenvalue weighted by Gasteiger charge is 2.20. The lowest BCUT2D eigenvalue weighted by Crippen LogP contribution is -2.35. The molecule has 0 amide bonds. The van der Waals surface area contributed by atoms with Crippen molar-refractivity contribution in [1.82, 2.24) is 30.0 Å². The van der Waals surface area contributed by atoms with Gasteiger partial charge in [0, 0.05) is 36.0 Å². The minimum Gasteiger partial charge on any atom is -0.496 e. The molecule has 0 aliphatic heterocycles. The highest BCUT2D eigenvalue weighted by atomic mass is 16.5. The van der Waals surface area contributed by atoms with E-state index in [4.69, 9.17) is 14.9 Å². The number of benzene rings is 1. The minimum atomic E-state index is -0.0897. The van der Waals surface area contributed by atoms with Crippen LogP contribution in [0.4, 0.5) is 5.82 Å². The largest absolute Gasteiger partial charge is 0.496 e. The number of anilines is 1. The van der Waals surface area contributed by atoms with Crippen LogP contribution in [0.1, 0.15) is 46.2 Å². The first-order valence-corrected chi connectivity index (χ1v) is 11.7. The van der Waals surface area contributed by atoms with Gasteiger partial charge in [0.25, 0.3) is 17.3 Å². The second-order valence-electron chi connectivity index (χ2n) is 9.80. The van der Waals surface area contributed by atoms with Crippen molar-refractivity contribution < 1.29 is 9.15 Å². The van der Waals surface area contributed by atoms with Crippen LogP contribution in [-0.4, -0.2) is 37.4 Å². The van der Waals surface area contributed by atoms with E-state index in [2.05, 4.69) is 46.3 Å². The third kappa shape index (κ3) is 5.44. The van der Waals surface area contributed by atoms with Gasteiger partial charge in [-0.25, -0.2) is 9.97 Å². The van der Waals surface area contributed by atoms with Gasteiger partial charge < -0.3 is 24.8 Å². The number of nitrogens with zero attached hydrogens (tertiary/aromatic N) is 5. The molecule has 188 valence electrons. The van der Waals surface area contributed by atoms with E-state index in [0.29, 0.717) is 23.6 Å². The van der Waals surface area contributed by atoms with Crippen molar-refractivity contribution >= 4 is 5.82 Å². The lowest BCUT2D eigenvalue weighted by molar-refractivity contribution is 0.409. The lowest BCUT2D eigenvalue weighted by atomic mass is 10.1. The van der Waals surface area contributed by atoms with Gasteiger partial charge in [0.1, 0.15) is 5.75 Å². The van der Waals surface area contributed by atoms with E-state index in [0.717, 1.165) is 11.1 Å². The molecular formula is C26H31N7O3. The van der Waals surface area contributed by atoms with Gasteiger partial charge >= 0.3 is 0 Å². The van der Waals surface area contributed by atoms with Crippen molar-refractivity contribution in [1.29, 1.82) is 0 Å². The van der Waals surface area contributed by atoms with Crippen LogP contribution in [0.3, 0.4) is 0 Å². The topological polar surface area (TPSA) is 134 Å². The fourth-order valence-electron chi connectivity index (χ4n) is 3.57. The van der Waals surface area contributed by atoms with Crippen LogP contribution >= 0.6 is 0 Å². The van der Waals surface area contributed by atoms with E-state index in [-0.39, 0.29) is 40.4 Å². The first-order chi connectivity index (χ1) is 17.1. The fraction of sp³-hybridized carbons (Fsp3) is 0.346. The summed E-state index contributed by atoms with van der Waals surface area (Å²) in [5, 5.41) is 11.8. The second kappa shape index (κ2) is 9.90. The van der Waals surface area contributed by atoms with E-state index in [1.54, 1.807) is 30.1 Å². The SMILES string of the molecule is COc1cc(CNC(C)(C)C)ccc1-c1nnc(-c2nc(-c3ccc(=O)n(C(C)C)c3)cnc2N)o1. The molecule has 0 saturated heterocycles. The Morgan fingerprint density at radius 2 is 1.89 bits per heavy atom. The molecule has 3 aromatic heterocycles. The minimum absolute atomic E-state index is 0.00257. The molecule has 0 aliphatic carbocycles. The molecule has 0 aliphatic rings. The van der Waals surface area contributed by atoms with Gasteiger partial charge in [0.05, 0.1) is 24.6 Å². The predicted octanol–water partition coefficient (Wildman–Crippen LogP) is 4.08. The number of hydrogen-bond acceptors (Lipinski definition) is 9. The van der Waals surface area contributed by atoms with Gasteiger partial charge in [0.2, 0.25) is 0 Å². The first kappa shape index (κ1) is 25.1. The smallest absolute Gasteiger partial charge is 0.270 e. The maximum atomic E-state index is 12.1. The quantitative estimate of drug-likeness (QED) is 0.394. The van der Waals surface area contributed by atoms with E-state index in [1.807, 2.05) is 32.0 Å². The predicted molar refractivity (Wildman–Crippen MR) is 138 cm³/mol. The Kier molecular flexibility index (Phi) is 6.89. The zero-order valence-electron chi connectivity index (χ0n) is 21.4. The number of pyridine rings is 1. The van der Waals surface area contributed by atoms with Crippen LogP contribution in [0, 0.1) is 0 Å². The van der Waals surface area contributed by atoms with Gasteiger partial charge in [-0.15, -0.1) is 10.2 Å². The number of methoxy groups -OCH3 is 1. The zero-order valence-corrected chi connectivity index (χ0v) is 21.4. The summed E-state index contributed by atoms with van der Waals surface area (Å²) in [5.41, 5.74) is 9.24. The number of nitrogen functional groups attached to an aromatic ring is 1. The van der Waals surface area contributed by atoms with Gasteiger partial charge in [-0.2, -0.15) is 0 Å². The molecule has 0 unspecified atom stereocenters. The molecular weight excluding hydrogens is 458 g/mol. The summed E-state index contributed by atoms with van der Waals surface area (Å²) < 4.78 is 13.2. The van der Waals surface area contributed by atoms with E-state index in [9.17, 15) is 4.79 Å². The second-order valence-corrected chi connectivity index (χ2v) is 9.80. The monoisotopic (exact) mass is 489 g/mol.